The van der Waals surface area contributed by atoms with Crippen LogP contribution in [0.3, 0.4) is 0 Å². The Labute approximate surface area is 233 Å². The van der Waals surface area contributed by atoms with Crippen LogP contribution in [0.1, 0.15) is 151 Å². The van der Waals surface area contributed by atoms with Crippen LogP contribution < -0.4 is 0 Å². The molecule has 0 fully saturated rings. The lowest BCUT2D eigenvalue weighted by Gasteiger charge is -2.39. The molecule has 1 unspecified atom stereocenters. The number of carbonyl (C=O) groups is 1. The molecule has 0 aromatic heterocycles. The first-order valence-electron chi connectivity index (χ1n) is 15.7. The normalized spacial score (nSPS) is 13.6. The number of ether oxygens (including phenoxy) is 2. The molecule has 4 nitrogen and oxygen atoms in total. The van der Waals surface area contributed by atoms with E-state index in [1.807, 2.05) is 20.8 Å². The van der Waals surface area contributed by atoms with Gasteiger partial charge in [-0.15, -0.1) is 0 Å². The summed E-state index contributed by atoms with van der Waals surface area (Å²) >= 11 is 0. The molecule has 222 valence electrons. The molecule has 0 N–H and O–H groups in total. The summed E-state index contributed by atoms with van der Waals surface area (Å²) < 4.78 is 18.1. The predicted octanol–water partition coefficient (Wildman–Crippen LogP) is 10.2. The highest BCUT2D eigenvalue weighted by Gasteiger charge is 2.39. The zero-order valence-corrected chi connectivity index (χ0v) is 27.6. The van der Waals surface area contributed by atoms with E-state index < -0.39 is 13.7 Å². The van der Waals surface area contributed by atoms with Crippen molar-refractivity contribution in [3.8, 4) is 0 Å². The van der Waals surface area contributed by atoms with Crippen LogP contribution in [-0.4, -0.2) is 40.2 Å². The van der Waals surface area contributed by atoms with Gasteiger partial charge in [-0.25, -0.2) is 0 Å². The molecule has 0 saturated heterocycles. The van der Waals surface area contributed by atoms with Crippen molar-refractivity contribution in [1.29, 1.82) is 0 Å². The van der Waals surface area contributed by atoms with Gasteiger partial charge in [0.2, 0.25) is 0 Å². The number of hydrogen-bond acceptors (Lipinski definition) is 4. The van der Waals surface area contributed by atoms with Crippen LogP contribution in [0.4, 0.5) is 0 Å². The van der Waals surface area contributed by atoms with Gasteiger partial charge in [-0.1, -0.05) is 124 Å². The quantitative estimate of drug-likeness (QED) is 0.0731. The maximum Gasteiger partial charge on any atom is 0.311 e. The van der Waals surface area contributed by atoms with E-state index in [1.54, 1.807) is 0 Å². The number of rotatable bonds is 23. The highest BCUT2D eigenvalue weighted by Crippen LogP contribution is 2.37. The average Bonchev–Trinajstić information content (AvgIpc) is 2.79. The van der Waals surface area contributed by atoms with E-state index in [1.165, 1.54) is 96.3 Å². The van der Waals surface area contributed by atoms with Gasteiger partial charge in [0.15, 0.2) is 8.32 Å². The lowest BCUT2D eigenvalue weighted by Crippen LogP contribution is -2.46. The molecule has 0 aromatic carbocycles. The molecular weight excluding hydrogens is 476 g/mol. The summed E-state index contributed by atoms with van der Waals surface area (Å²) in [6, 6.07) is 0. The van der Waals surface area contributed by atoms with Crippen LogP contribution in [0, 0.1) is 5.41 Å². The van der Waals surface area contributed by atoms with Crippen molar-refractivity contribution in [2.45, 2.75) is 175 Å². The maximum absolute atomic E-state index is 12.3. The van der Waals surface area contributed by atoms with Crippen LogP contribution in [0.2, 0.25) is 18.1 Å². The SMILES string of the molecule is CCCCCCCCCCCCCCCCCCOCC(COC(=O)C(C)(C)C)O[Si](C)(C)C(C)(C)C. The minimum Gasteiger partial charge on any atom is -0.462 e. The van der Waals surface area contributed by atoms with Gasteiger partial charge in [0, 0.05) is 6.61 Å². The van der Waals surface area contributed by atoms with Gasteiger partial charge in [-0.05, 0) is 45.3 Å². The fraction of sp³-hybridized carbons (Fsp3) is 0.969. The maximum atomic E-state index is 12.3. The fourth-order valence-electron chi connectivity index (χ4n) is 4.06. The van der Waals surface area contributed by atoms with Crippen molar-refractivity contribution >= 4 is 14.3 Å². The van der Waals surface area contributed by atoms with Crippen molar-refractivity contribution in [1.82, 2.24) is 0 Å². The van der Waals surface area contributed by atoms with Crippen LogP contribution >= 0.6 is 0 Å². The number of hydrogen-bond donors (Lipinski definition) is 0. The summed E-state index contributed by atoms with van der Waals surface area (Å²) in [5, 5.41) is 0.104. The van der Waals surface area contributed by atoms with E-state index in [0.717, 1.165) is 13.0 Å². The minimum atomic E-state index is -1.97. The second-order valence-electron chi connectivity index (χ2n) is 13.7. The van der Waals surface area contributed by atoms with E-state index in [4.69, 9.17) is 13.9 Å². The molecule has 5 heteroatoms. The lowest BCUT2D eigenvalue weighted by molar-refractivity contribution is -0.156. The van der Waals surface area contributed by atoms with Gasteiger partial charge in [0.1, 0.15) is 12.7 Å². The van der Waals surface area contributed by atoms with E-state index in [9.17, 15) is 4.79 Å². The lowest BCUT2D eigenvalue weighted by atomic mass is 9.97. The van der Waals surface area contributed by atoms with Gasteiger partial charge < -0.3 is 13.9 Å². The first-order chi connectivity index (χ1) is 17.3. The average molecular weight is 543 g/mol. The molecule has 0 heterocycles. The van der Waals surface area contributed by atoms with Crippen molar-refractivity contribution in [3.05, 3.63) is 0 Å². The topological polar surface area (TPSA) is 44.8 Å². The zero-order valence-electron chi connectivity index (χ0n) is 26.6. The number of esters is 1. The Morgan fingerprint density at radius 2 is 1.05 bits per heavy atom. The van der Waals surface area contributed by atoms with Crippen molar-refractivity contribution in [3.63, 3.8) is 0 Å². The number of carbonyl (C=O) groups excluding carboxylic acids is 1. The first kappa shape index (κ1) is 36.6. The molecule has 0 aliphatic rings. The molecule has 0 aromatic rings. The Hall–Kier alpha value is -0.393. The Balaban J connectivity index is 3.92. The van der Waals surface area contributed by atoms with Crippen LogP contribution in [0.5, 0.6) is 0 Å². The Bertz CT molecular complexity index is 548. The van der Waals surface area contributed by atoms with Gasteiger partial charge in [0.25, 0.3) is 0 Å². The predicted molar refractivity (Wildman–Crippen MR) is 163 cm³/mol. The Morgan fingerprint density at radius 1 is 0.649 bits per heavy atom. The summed E-state index contributed by atoms with van der Waals surface area (Å²) in [6.07, 6.45) is 21.8. The largest absolute Gasteiger partial charge is 0.462 e. The molecule has 0 aliphatic heterocycles. The molecule has 0 saturated carbocycles. The van der Waals surface area contributed by atoms with Crippen LogP contribution in [0.25, 0.3) is 0 Å². The van der Waals surface area contributed by atoms with Gasteiger partial charge >= 0.3 is 5.97 Å². The third-order valence-electron chi connectivity index (χ3n) is 7.73. The monoisotopic (exact) mass is 542 g/mol. The Morgan fingerprint density at radius 3 is 1.43 bits per heavy atom. The highest BCUT2D eigenvalue weighted by atomic mass is 28.4. The zero-order chi connectivity index (χ0) is 28.2. The molecule has 1 atom stereocenters. The molecule has 0 bridgehead atoms. The third kappa shape index (κ3) is 20.2. The van der Waals surface area contributed by atoms with E-state index >= 15 is 0 Å². The Kier molecular flexibility index (Phi) is 20.3. The van der Waals surface area contributed by atoms with E-state index in [-0.39, 0.29) is 23.7 Å². The minimum absolute atomic E-state index is 0.104. The highest BCUT2D eigenvalue weighted by molar-refractivity contribution is 6.74. The second-order valence-corrected chi connectivity index (χ2v) is 18.5. The molecule has 0 rings (SSSR count). The molecule has 0 spiro atoms. The molecule has 0 radical (unpaired) electrons. The summed E-state index contributed by atoms with van der Waals surface area (Å²) in [5.74, 6) is -0.186. The van der Waals surface area contributed by atoms with Crippen molar-refractivity contribution < 1.29 is 18.7 Å². The van der Waals surface area contributed by atoms with Crippen molar-refractivity contribution in [2.75, 3.05) is 19.8 Å². The number of unbranched alkanes of at least 4 members (excludes halogenated alkanes) is 15. The van der Waals surface area contributed by atoms with Crippen LogP contribution in [0.15, 0.2) is 0 Å². The van der Waals surface area contributed by atoms with Gasteiger partial charge in [-0.2, -0.15) is 0 Å². The van der Waals surface area contributed by atoms with Gasteiger partial charge in [-0.3, -0.25) is 4.79 Å². The first-order valence-corrected chi connectivity index (χ1v) is 18.6. The summed E-state index contributed by atoms with van der Waals surface area (Å²) in [6.45, 7) is 20.6. The molecule has 37 heavy (non-hydrogen) atoms. The summed E-state index contributed by atoms with van der Waals surface area (Å²) in [7, 11) is -1.97. The second kappa shape index (κ2) is 20.5. The molecule has 0 amide bonds. The summed E-state index contributed by atoms with van der Waals surface area (Å²) in [4.78, 5) is 12.3. The summed E-state index contributed by atoms with van der Waals surface area (Å²) in [5.41, 5.74) is -0.504. The standard InChI is InChI=1S/C32H66O4Si/c1-10-11-12-13-14-15-16-17-18-19-20-21-22-23-24-25-26-34-27-29(28-35-30(33)31(2,3)4)36-37(8,9)32(5,6)7/h29H,10-28H2,1-9H3. The molecular formula is C32H66O4Si. The van der Waals surface area contributed by atoms with Crippen molar-refractivity contribution in [2.24, 2.45) is 5.41 Å². The third-order valence-corrected chi connectivity index (χ3v) is 12.3. The van der Waals surface area contributed by atoms with E-state index in [0.29, 0.717) is 6.61 Å². The van der Waals surface area contributed by atoms with E-state index in [2.05, 4.69) is 40.8 Å². The molecule has 0 aliphatic carbocycles. The van der Waals surface area contributed by atoms with Crippen LogP contribution in [-0.2, 0) is 18.7 Å². The van der Waals surface area contributed by atoms with Gasteiger partial charge in [0.05, 0.1) is 12.0 Å². The fourth-order valence-corrected chi connectivity index (χ4v) is 5.38. The smallest absolute Gasteiger partial charge is 0.311 e.